The van der Waals surface area contributed by atoms with E-state index >= 15 is 0 Å². The zero-order valence-corrected chi connectivity index (χ0v) is 17.5. The molecule has 0 fully saturated rings. The Hall–Kier alpha value is -2.12. The topological polar surface area (TPSA) is 63.7 Å². The molecular weight excluding hydrogens is 362 g/mol. The number of benzene rings is 1. The van der Waals surface area contributed by atoms with Gasteiger partial charge in [-0.3, -0.25) is 9.69 Å². The molecule has 1 aromatic carbocycles. The van der Waals surface area contributed by atoms with Crippen LogP contribution in [0, 0.1) is 0 Å². The number of thiazole rings is 1. The molecule has 0 bridgehead atoms. The normalized spacial score (nSPS) is 11.3. The molecule has 1 aromatic heterocycles. The number of carbonyl (C=O) groups excluding carboxylic acids is 1. The third-order valence-electron chi connectivity index (χ3n) is 4.27. The Morgan fingerprint density at radius 1 is 1.22 bits per heavy atom. The molecule has 0 spiro atoms. The predicted molar refractivity (Wildman–Crippen MR) is 109 cm³/mol. The average molecular weight is 392 g/mol. The van der Waals surface area contributed by atoms with E-state index < -0.39 is 0 Å². The fraction of sp³-hybridized carbons (Fsp3) is 0.500. The summed E-state index contributed by atoms with van der Waals surface area (Å²) in [5.74, 6) is 1.00. The maximum Gasteiger partial charge on any atom is 0.251 e. The fourth-order valence-corrected chi connectivity index (χ4v) is 3.44. The van der Waals surface area contributed by atoms with E-state index in [2.05, 4.69) is 42.9 Å². The molecule has 1 amide bonds. The molecule has 148 valence electrons. The van der Waals surface area contributed by atoms with Crippen molar-refractivity contribution in [3.63, 3.8) is 0 Å². The maximum atomic E-state index is 12.5. The molecule has 0 atom stereocenters. The molecule has 2 rings (SSSR count). The summed E-state index contributed by atoms with van der Waals surface area (Å²) in [6, 6.07) is 6.09. The van der Waals surface area contributed by atoms with Gasteiger partial charge in [-0.25, -0.2) is 4.98 Å². The van der Waals surface area contributed by atoms with Gasteiger partial charge in [0.1, 0.15) is 6.61 Å². The molecule has 0 saturated carbocycles. The third-order valence-corrected chi connectivity index (χ3v) is 4.90. The molecule has 6 nitrogen and oxygen atoms in total. The molecule has 0 unspecified atom stereocenters. The highest BCUT2D eigenvalue weighted by molar-refractivity contribution is 7.07. The summed E-state index contributed by atoms with van der Waals surface area (Å²) in [6.07, 6.45) is 0. The van der Waals surface area contributed by atoms with Crippen LogP contribution in [0.1, 0.15) is 43.7 Å². The van der Waals surface area contributed by atoms with Gasteiger partial charge in [0.05, 0.1) is 18.3 Å². The van der Waals surface area contributed by atoms with Crippen LogP contribution in [-0.2, 0) is 6.61 Å². The highest BCUT2D eigenvalue weighted by Gasteiger charge is 2.15. The number of aromatic nitrogens is 1. The molecule has 27 heavy (non-hydrogen) atoms. The summed E-state index contributed by atoms with van der Waals surface area (Å²) in [5.41, 5.74) is 3.18. The van der Waals surface area contributed by atoms with Crippen LogP contribution in [0.4, 0.5) is 0 Å². The summed E-state index contributed by atoms with van der Waals surface area (Å²) >= 11 is 1.53. The van der Waals surface area contributed by atoms with Crippen LogP contribution in [0.5, 0.6) is 11.5 Å². The molecule has 0 radical (unpaired) electrons. The van der Waals surface area contributed by atoms with E-state index in [-0.39, 0.29) is 5.91 Å². The van der Waals surface area contributed by atoms with Crippen molar-refractivity contribution >= 4 is 17.2 Å². The standard InChI is InChI=1S/C20H29N3O3S/c1-14(2)23(15(3)4)9-8-21-20(24)16-6-7-18(19(10-16)25-5)26-11-17-12-27-13-22-17/h6-7,10,12-15H,8-9,11H2,1-5H3,(H,21,24). The SMILES string of the molecule is COc1cc(C(=O)NCCN(C(C)C)C(C)C)ccc1OCc1cscn1. The molecule has 0 aliphatic carbocycles. The van der Waals surface area contributed by atoms with Gasteiger partial charge >= 0.3 is 0 Å². The number of methoxy groups -OCH3 is 1. The molecular formula is C20H29N3O3S. The summed E-state index contributed by atoms with van der Waals surface area (Å²) < 4.78 is 11.1. The third kappa shape index (κ3) is 6.22. The van der Waals surface area contributed by atoms with Gasteiger partial charge in [-0.05, 0) is 45.9 Å². The highest BCUT2D eigenvalue weighted by atomic mass is 32.1. The van der Waals surface area contributed by atoms with Crippen LogP contribution in [0.3, 0.4) is 0 Å². The lowest BCUT2D eigenvalue weighted by atomic mass is 10.2. The quantitative estimate of drug-likeness (QED) is 0.671. The molecule has 0 aliphatic heterocycles. The Balaban J connectivity index is 1.94. The van der Waals surface area contributed by atoms with Crippen molar-refractivity contribution in [1.29, 1.82) is 0 Å². The average Bonchev–Trinajstić information content (AvgIpc) is 3.16. The number of ether oxygens (including phenoxy) is 2. The van der Waals surface area contributed by atoms with Gasteiger partial charge in [-0.15, -0.1) is 11.3 Å². The molecule has 0 aliphatic rings. The Kier molecular flexibility index (Phi) is 8.06. The number of rotatable bonds is 10. The van der Waals surface area contributed by atoms with Crippen LogP contribution in [-0.4, -0.2) is 48.1 Å². The largest absolute Gasteiger partial charge is 0.493 e. The second kappa shape index (κ2) is 10.3. The van der Waals surface area contributed by atoms with E-state index in [1.54, 1.807) is 30.8 Å². The number of hydrogen-bond acceptors (Lipinski definition) is 6. The van der Waals surface area contributed by atoms with Crippen molar-refractivity contribution < 1.29 is 14.3 Å². The van der Waals surface area contributed by atoms with Crippen molar-refractivity contribution in [3.05, 3.63) is 40.3 Å². The zero-order valence-electron chi connectivity index (χ0n) is 16.7. The van der Waals surface area contributed by atoms with E-state index in [4.69, 9.17) is 9.47 Å². The van der Waals surface area contributed by atoms with Crippen LogP contribution >= 0.6 is 11.3 Å². The minimum absolute atomic E-state index is 0.119. The second-order valence-electron chi connectivity index (χ2n) is 6.82. The molecule has 0 saturated heterocycles. The Morgan fingerprint density at radius 3 is 2.56 bits per heavy atom. The Morgan fingerprint density at radius 2 is 1.96 bits per heavy atom. The number of nitrogens with zero attached hydrogens (tertiary/aromatic N) is 2. The van der Waals surface area contributed by atoms with Gasteiger partial charge in [-0.1, -0.05) is 0 Å². The summed E-state index contributed by atoms with van der Waals surface area (Å²) in [6.45, 7) is 10.4. The van der Waals surface area contributed by atoms with Crippen molar-refractivity contribution in [3.8, 4) is 11.5 Å². The van der Waals surface area contributed by atoms with Gasteiger partial charge in [0, 0.05) is 36.1 Å². The van der Waals surface area contributed by atoms with E-state index in [1.165, 1.54) is 11.3 Å². The minimum atomic E-state index is -0.119. The van der Waals surface area contributed by atoms with E-state index in [0.29, 0.717) is 42.3 Å². The lowest BCUT2D eigenvalue weighted by Crippen LogP contribution is -2.42. The van der Waals surface area contributed by atoms with E-state index in [9.17, 15) is 4.79 Å². The highest BCUT2D eigenvalue weighted by Crippen LogP contribution is 2.28. The second-order valence-corrected chi connectivity index (χ2v) is 7.53. The molecule has 1 heterocycles. The van der Waals surface area contributed by atoms with Crippen LogP contribution in [0.2, 0.25) is 0 Å². The summed E-state index contributed by atoms with van der Waals surface area (Å²) in [5, 5.41) is 4.92. The van der Waals surface area contributed by atoms with Crippen molar-refractivity contribution in [2.75, 3.05) is 20.2 Å². The first-order valence-electron chi connectivity index (χ1n) is 9.14. The number of hydrogen-bond donors (Lipinski definition) is 1. The van der Waals surface area contributed by atoms with Gasteiger partial charge in [0.15, 0.2) is 11.5 Å². The maximum absolute atomic E-state index is 12.5. The van der Waals surface area contributed by atoms with Crippen LogP contribution < -0.4 is 14.8 Å². The first-order chi connectivity index (χ1) is 12.9. The smallest absolute Gasteiger partial charge is 0.251 e. The number of amides is 1. The summed E-state index contributed by atoms with van der Waals surface area (Å²) in [4.78, 5) is 19.0. The van der Waals surface area contributed by atoms with E-state index in [1.807, 2.05) is 5.38 Å². The van der Waals surface area contributed by atoms with Gasteiger partial charge in [-0.2, -0.15) is 0 Å². The van der Waals surface area contributed by atoms with Gasteiger partial charge in [0.2, 0.25) is 0 Å². The Labute approximate surface area is 165 Å². The first kappa shape index (κ1) is 21.2. The van der Waals surface area contributed by atoms with Crippen LogP contribution in [0.15, 0.2) is 29.1 Å². The molecule has 2 aromatic rings. The molecule has 1 N–H and O–H groups in total. The lowest BCUT2D eigenvalue weighted by molar-refractivity contribution is 0.0939. The predicted octanol–water partition coefficient (Wildman–Crippen LogP) is 3.58. The minimum Gasteiger partial charge on any atom is -0.493 e. The fourth-order valence-electron chi connectivity index (χ4n) is 2.90. The van der Waals surface area contributed by atoms with Crippen molar-refractivity contribution in [2.24, 2.45) is 0 Å². The number of carbonyl (C=O) groups is 1. The van der Waals surface area contributed by atoms with E-state index in [0.717, 1.165) is 12.2 Å². The van der Waals surface area contributed by atoms with Crippen molar-refractivity contribution in [1.82, 2.24) is 15.2 Å². The van der Waals surface area contributed by atoms with Gasteiger partial charge in [0.25, 0.3) is 5.91 Å². The van der Waals surface area contributed by atoms with Crippen molar-refractivity contribution in [2.45, 2.75) is 46.4 Å². The van der Waals surface area contributed by atoms with Crippen LogP contribution in [0.25, 0.3) is 0 Å². The number of nitrogens with one attached hydrogen (secondary N) is 1. The first-order valence-corrected chi connectivity index (χ1v) is 10.1. The van der Waals surface area contributed by atoms with Gasteiger partial charge < -0.3 is 14.8 Å². The Bertz CT molecular complexity index is 709. The summed E-state index contributed by atoms with van der Waals surface area (Å²) in [7, 11) is 1.57. The zero-order chi connectivity index (χ0) is 19.8. The monoisotopic (exact) mass is 391 g/mol. The molecule has 7 heteroatoms. The lowest BCUT2D eigenvalue weighted by Gasteiger charge is -2.30.